The van der Waals surface area contributed by atoms with Crippen molar-refractivity contribution in [1.29, 1.82) is 0 Å². The lowest BCUT2D eigenvalue weighted by molar-refractivity contribution is -0.220. The summed E-state index contributed by atoms with van der Waals surface area (Å²) in [5.74, 6) is -1.74. The SMILES string of the molecule is O=C(c1ccccc1)c1cc(Cl)ccc1NC(=O)[C@@]1(C(F)(F)F)CCCN1Cc1ccc(Cl)c(Cl)c1. The third kappa shape index (κ3) is 5.11. The highest BCUT2D eigenvalue weighted by molar-refractivity contribution is 6.42. The van der Waals surface area contributed by atoms with E-state index in [1.54, 1.807) is 36.4 Å². The molecule has 4 nitrogen and oxygen atoms in total. The summed E-state index contributed by atoms with van der Waals surface area (Å²) in [6.45, 7) is -0.121. The summed E-state index contributed by atoms with van der Waals surface area (Å²) >= 11 is 18.1. The van der Waals surface area contributed by atoms with Crippen molar-refractivity contribution in [1.82, 2.24) is 4.90 Å². The number of carbonyl (C=O) groups excluding carboxylic acids is 2. The van der Waals surface area contributed by atoms with Crippen LogP contribution in [-0.2, 0) is 11.3 Å². The molecule has 188 valence electrons. The molecule has 1 amide bonds. The highest BCUT2D eigenvalue weighted by Crippen LogP contribution is 2.45. The van der Waals surface area contributed by atoms with Crippen LogP contribution < -0.4 is 5.32 Å². The number of carbonyl (C=O) groups is 2. The molecule has 0 spiro atoms. The standard InChI is InChI=1S/C26H20Cl3F3N2O2/c27-18-8-10-22(19(14-18)23(35)17-5-2-1-3-6-17)33-24(36)25(26(30,31)32)11-4-12-34(25)15-16-7-9-20(28)21(29)13-16/h1-3,5-10,13-14H,4,11-12,15H2,(H,33,36)/t25-/m1/s1. The van der Waals surface area contributed by atoms with Crippen LogP contribution >= 0.6 is 34.8 Å². The van der Waals surface area contributed by atoms with E-state index < -0.39 is 29.8 Å². The topological polar surface area (TPSA) is 49.4 Å². The Hall–Kier alpha value is -2.58. The van der Waals surface area contributed by atoms with Crippen LogP contribution in [0.25, 0.3) is 0 Å². The van der Waals surface area contributed by atoms with Gasteiger partial charge in [-0.05, 0) is 55.3 Å². The van der Waals surface area contributed by atoms with Crippen LogP contribution in [0.4, 0.5) is 18.9 Å². The number of amides is 1. The highest BCUT2D eigenvalue weighted by Gasteiger charge is 2.65. The van der Waals surface area contributed by atoms with Crippen LogP contribution in [0.15, 0.2) is 66.7 Å². The zero-order valence-electron chi connectivity index (χ0n) is 18.7. The Labute approximate surface area is 220 Å². The van der Waals surface area contributed by atoms with Crippen molar-refractivity contribution in [3.63, 3.8) is 0 Å². The Morgan fingerprint density at radius 3 is 2.33 bits per heavy atom. The minimum Gasteiger partial charge on any atom is -0.323 e. The van der Waals surface area contributed by atoms with Gasteiger partial charge in [-0.1, -0.05) is 71.2 Å². The molecule has 3 aromatic rings. The van der Waals surface area contributed by atoms with Crippen molar-refractivity contribution in [2.24, 2.45) is 0 Å². The number of rotatable bonds is 6. The number of benzene rings is 3. The van der Waals surface area contributed by atoms with Crippen molar-refractivity contribution in [3.05, 3.63) is 98.5 Å². The fraction of sp³-hybridized carbons (Fsp3) is 0.231. The molecule has 3 aromatic carbocycles. The zero-order valence-corrected chi connectivity index (χ0v) is 21.0. The van der Waals surface area contributed by atoms with Gasteiger partial charge in [-0.15, -0.1) is 0 Å². The number of nitrogens with one attached hydrogen (secondary N) is 1. The van der Waals surface area contributed by atoms with Crippen LogP contribution in [0.2, 0.25) is 15.1 Å². The molecule has 1 aliphatic rings. The summed E-state index contributed by atoms with van der Waals surface area (Å²) in [5, 5.41) is 3.08. The van der Waals surface area contributed by atoms with E-state index in [0.717, 1.165) is 4.90 Å². The summed E-state index contributed by atoms with van der Waals surface area (Å²) in [4.78, 5) is 27.6. The van der Waals surface area contributed by atoms with Gasteiger partial charge in [0, 0.05) is 22.7 Å². The average Bonchev–Trinajstić information content (AvgIpc) is 3.27. The van der Waals surface area contributed by atoms with Crippen LogP contribution in [0.5, 0.6) is 0 Å². The molecule has 1 N–H and O–H groups in total. The minimum absolute atomic E-state index is 0.00611. The lowest BCUT2D eigenvalue weighted by Gasteiger charge is -2.38. The van der Waals surface area contributed by atoms with Crippen molar-refractivity contribution in [2.45, 2.75) is 31.1 Å². The largest absolute Gasteiger partial charge is 0.415 e. The lowest BCUT2D eigenvalue weighted by Crippen LogP contribution is -2.62. The Morgan fingerprint density at radius 2 is 1.67 bits per heavy atom. The predicted molar refractivity (Wildman–Crippen MR) is 135 cm³/mol. The van der Waals surface area contributed by atoms with Crippen molar-refractivity contribution in [3.8, 4) is 0 Å². The first kappa shape index (κ1) is 26.5. The molecule has 0 saturated carbocycles. The summed E-state index contributed by atoms with van der Waals surface area (Å²) in [7, 11) is 0. The molecule has 1 fully saturated rings. The number of ketones is 1. The van der Waals surface area contributed by atoms with E-state index in [4.69, 9.17) is 34.8 Å². The second-order valence-electron chi connectivity index (χ2n) is 8.47. The number of halogens is 6. The maximum Gasteiger partial charge on any atom is 0.415 e. The van der Waals surface area contributed by atoms with E-state index in [1.807, 2.05) is 0 Å². The van der Waals surface area contributed by atoms with Gasteiger partial charge in [0.25, 0.3) is 5.91 Å². The predicted octanol–water partition coefficient (Wildman–Crippen LogP) is 7.41. The van der Waals surface area contributed by atoms with E-state index >= 15 is 0 Å². The number of hydrogen-bond donors (Lipinski definition) is 1. The van der Waals surface area contributed by atoms with Gasteiger partial charge in [-0.2, -0.15) is 13.2 Å². The second-order valence-corrected chi connectivity index (χ2v) is 9.72. The van der Waals surface area contributed by atoms with E-state index in [1.165, 1.54) is 30.3 Å². The van der Waals surface area contributed by atoms with Gasteiger partial charge in [0.1, 0.15) is 0 Å². The first-order valence-electron chi connectivity index (χ1n) is 11.0. The van der Waals surface area contributed by atoms with Crippen LogP contribution in [0.3, 0.4) is 0 Å². The first-order chi connectivity index (χ1) is 17.0. The van der Waals surface area contributed by atoms with Crippen LogP contribution in [0.1, 0.15) is 34.3 Å². The van der Waals surface area contributed by atoms with Gasteiger partial charge in [-0.25, -0.2) is 0 Å². The highest BCUT2D eigenvalue weighted by atomic mass is 35.5. The summed E-state index contributed by atoms with van der Waals surface area (Å²) < 4.78 is 43.8. The normalized spacial score (nSPS) is 18.3. The minimum atomic E-state index is -4.89. The Balaban J connectivity index is 1.69. The first-order valence-corrected chi connectivity index (χ1v) is 12.1. The lowest BCUT2D eigenvalue weighted by atomic mass is 9.92. The molecular formula is C26H20Cl3F3N2O2. The molecule has 1 aliphatic heterocycles. The van der Waals surface area contributed by atoms with Gasteiger partial charge in [0.2, 0.25) is 0 Å². The molecule has 0 bridgehead atoms. The summed E-state index contributed by atoms with van der Waals surface area (Å²) in [6, 6.07) is 16.8. The Bertz CT molecular complexity index is 1300. The van der Waals surface area contributed by atoms with Crippen molar-refractivity contribution >= 4 is 52.2 Å². The maximum absolute atomic E-state index is 14.6. The Morgan fingerprint density at radius 1 is 0.944 bits per heavy atom. The van der Waals surface area contributed by atoms with E-state index in [9.17, 15) is 22.8 Å². The molecule has 36 heavy (non-hydrogen) atoms. The molecule has 1 atom stereocenters. The molecular weight excluding hydrogens is 536 g/mol. The molecule has 0 aliphatic carbocycles. The van der Waals surface area contributed by atoms with Gasteiger partial charge < -0.3 is 5.32 Å². The number of hydrogen-bond acceptors (Lipinski definition) is 3. The summed E-state index contributed by atoms with van der Waals surface area (Å²) in [5.41, 5.74) is -2.06. The monoisotopic (exact) mass is 554 g/mol. The summed E-state index contributed by atoms with van der Waals surface area (Å²) in [6.07, 6.45) is -5.16. The van der Waals surface area contributed by atoms with Crippen molar-refractivity contribution < 1.29 is 22.8 Å². The van der Waals surface area contributed by atoms with Crippen LogP contribution in [-0.4, -0.2) is 34.9 Å². The third-order valence-corrected chi connectivity index (χ3v) is 7.19. The second kappa shape index (κ2) is 10.4. The Kier molecular flexibility index (Phi) is 7.67. The molecule has 0 radical (unpaired) electrons. The van der Waals surface area contributed by atoms with Crippen molar-refractivity contribution in [2.75, 3.05) is 11.9 Å². The molecule has 1 heterocycles. The van der Waals surface area contributed by atoms with E-state index in [0.29, 0.717) is 11.1 Å². The number of anilines is 1. The quantitative estimate of drug-likeness (QED) is 0.322. The average molecular weight is 556 g/mol. The van der Waals surface area contributed by atoms with Crippen LogP contribution in [0, 0.1) is 0 Å². The van der Waals surface area contributed by atoms with E-state index in [-0.39, 0.29) is 45.8 Å². The smallest absolute Gasteiger partial charge is 0.323 e. The van der Waals surface area contributed by atoms with E-state index in [2.05, 4.69) is 5.32 Å². The zero-order chi connectivity index (χ0) is 26.1. The van der Waals surface area contributed by atoms with Gasteiger partial charge in [-0.3, -0.25) is 14.5 Å². The van der Waals surface area contributed by atoms with Gasteiger partial charge >= 0.3 is 6.18 Å². The van der Waals surface area contributed by atoms with Gasteiger partial charge in [0.05, 0.1) is 15.7 Å². The molecule has 1 saturated heterocycles. The number of likely N-dealkylation sites (tertiary alicyclic amines) is 1. The third-order valence-electron chi connectivity index (χ3n) is 6.22. The maximum atomic E-state index is 14.6. The fourth-order valence-corrected chi connectivity index (χ4v) is 4.93. The number of nitrogens with zero attached hydrogens (tertiary/aromatic N) is 1. The molecule has 4 rings (SSSR count). The molecule has 0 unspecified atom stereocenters. The van der Waals surface area contributed by atoms with Gasteiger partial charge in [0.15, 0.2) is 11.3 Å². The molecule has 0 aromatic heterocycles. The number of alkyl halides is 3. The molecule has 10 heteroatoms. The fourth-order valence-electron chi connectivity index (χ4n) is 4.44.